The second-order valence-corrected chi connectivity index (χ2v) is 9.99. The van der Waals surface area contributed by atoms with E-state index >= 15 is 0 Å². The molecule has 0 unspecified atom stereocenters. The van der Waals surface area contributed by atoms with Crippen molar-refractivity contribution in [2.45, 2.75) is 63.9 Å². The fraction of sp³-hybridized carbons (Fsp3) is 0.481. The maximum Gasteiger partial charge on any atom is 0.253 e. The van der Waals surface area contributed by atoms with Crippen molar-refractivity contribution in [1.29, 1.82) is 0 Å². The molecule has 0 radical (unpaired) electrons. The van der Waals surface area contributed by atoms with Gasteiger partial charge in [0.05, 0.1) is 37.1 Å². The summed E-state index contributed by atoms with van der Waals surface area (Å²) in [5.74, 6) is 1.41. The number of fused-ring (bicyclic) bond motifs is 1. The van der Waals surface area contributed by atoms with Crippen molar-refractivity contribution in [3.05, 3.63) is 75.7 Å². The number of nitrogens with zero attached hydrogens (tertiary/aromatic N) is 5. The Labute approximate surface area is 214 Å². The molecule has 0 amide bonds. The van der Waals surface area contributed by atoms with Crippen molar-refractivity contribution in [3.63, 3.8) is 0 Å². The molecule has 0 bridgehead atoms. The molecule has 6 rings (SSSR count). The van der Waals surface area contributed by atoms with E-state index in [2.05, 4.69) is 25.4 Å². The summed E-state index contributed by atoms with van der Waals surface area (Å²) in [6.45, 7) is 5.13. The van der Waals surface area contributed by atoms with Gasteiger partial charge in [0.15, 0.2) is 5.82 Å². The number of nitrogens with one attached hydrogen (secondary N) is 1. The molecule has 2 aliphatic heterocycles. The fourth-order valence-corrected chi connectivity index (χ4v) is 5.53. The first kappa shape index (κ1) is 24.0. The van der Waals surface area contributed by atoms with Gasteiger partial charge in [0.25, 0.3) is 5.56 Å². The standard InChI is InChI=1S/C27H32N6O4/c1-18-6-2-7-19-14-23(27(34)28-24(18)19)25(26-29-30-31-33(26)17-22-10-5-13-37-22)32(15-20-8-3-11-35-20)16-21-9-4-12-36-21/h2-3,6-8,11,14,21-22,25H,4-5,9-10,12-13,15-17H2,1H3,(H,28,34)/t21-,22+,25-/m1/s1. The van der Waals surface area contributed by atoms with E-state index in [4.69, 9.17) is 13.9 Å². The lowest BCUT2D eigenvalue weighted by Gasteiger charge is -2.32. The molecule has 0 aliphatic carbocycles. The van der Waals surface area contributed by atoms with E-state index in [0.717, 1.165) is 61.1 Å². The van der Waals surface area contributed by atoms with E-state index in [1.54, 1.807) is 10.9 Å². The van der Waals surface area contributed by atoms with Gasteiger partial charge < -0.3 is 18.9 Å². The Morgan fingerprint density at radius 1 is 1.14 bits per heavy atom. The average Bonchev–Trinajstić information content (AvgIpc) is 3.71. The van der Waals surface area contributed by atoms with Gasteiger partial charge in [0.2, 0.25) is 0 Å². The number of hydrogen-bond donors (Lipinski definition) is 1. The molecule has 10 heteroatoms. The van der Waals surface area contributed by atoms with Crippen molar-refractivity contribution >= 4 is 10.9 Å². The van der Waals surface area contributed by atoms with Gasteiger partial charge in [-0.1, -0.05) is 18.2 Å². The number of aromatic amines is 1. The van der Waals surface area contributed by atoms with Gasteiger partial charge in [0.1, 0.15) is 11.8 Å². The van der Waals surface area contributed by atoms with Gasteiger partial charge in [-0.05, 0) is 72.2 Å². The van der Waals surface area contributed by atoms with Gasteiger partial charge in [-0.15, -0.1) is 5.10 Å². The van der Waals surface area contributed by atoms with Crippen molar-refractivity contribution in [1.82, 2.24) is 30.1 Å². The van der Waals surface area contributed by atoms with E-state index in [1.165, 1.54) is 0 Å². The van der Waals surface area contributed by atoms with Crippen LogP contribution in [0.25, 0.3) is 10.9 Å². The molecule has 2 saturated heterocycles. The van der Waals surface area contributed by atoms with Crippen LogP contribution in [-0.2, 0) is 22.6 Å². The summed E-state index contributed by atoms with van der Waals surface area (Å²) >= 11 is 0. The quantitative estimate of drug-likeness (QED) is 0.369. The highest BCUT2D eigenvalue weighted by molar-refractivity contribution is 5.82. The van der Waals surface area contributed by atoms with Crippen LogP contribution in [0, 0.1) is 6.92 Å². The van der Waals surface area contributed by atoms with Crippen molar-refractivity contribution in [2.24, 2.45) is 0 Å². The molecule has 1 N–H and O–H groups in total. The van der Waals surface area contributed by atoms with Crippen LogP contribution in [-0.4, -0.2) is 62.1 Å². The third-order valence-electron chi connectivity index (χ3n) is 7.38. The third kappa shape index (κ3) is 5.09. The lowest BCUT2D eigenvalue weighted by Crippen LogP contribution is -2.39. The molecule has 2 aliphatic rings. The first-order valence-electron chi connectivity index (χ1n) is 13.0. The maximum absolute atomic E-state index is 13.7. The summed E-state index contributed by atoms with van der Waals surface area (Å²) in [6.07, 6.45) is 5.76. The van der Waals surface area contributed by atoms with Crippen LogP contribution in [0.2, 0.25) is 0 Å². The van der Waals surface area contributed by atoms with Gasteiger partial charge >= 0.3 is 0 Å². The minimum atomic E-state index is -0.514. The van der Waals surface area contributed by atoms with Gasteiger partial charge in [-0.3, -0.25) is 9.69 Å². The average molecular weight is 505 g/mol. The van der Waals surface area contributed by atoms with Crippen LogP contribution >= 0.6 is 0 Å². The monoisotopic (exact) mass is 504 g/mol. The van der Waals surface area contributed by atoms with Crippen LogP contribution in [0.3, 0.4) is 0 Å². The number of furan rings is 1. The topological polar surface area (TPSA) is 111 Å². The number of aromatic nitrogens is 5. The summed E-state index contributed by atoms with van der Waals surface area (Å²) in [5.41, 5.74) is 2.29. The summed E-state index contributed by atoms with van der Waals surface area (Å²) in [4.78, 5) is 19.0. The van der Waals surface area contributed by atoms with E-state index in [1.807, 2.05) is 43.3 Å². The zero-order chi connectivity index (χ0) is 25.2. The molecule has 2 fully saturated rings. The highest BCUT2D eigenvalue weighted by atomic mass is 16.5. The Bertz CT molecular complexity index is 1390. The molecule has 1 aromatic carbocycles. The predicted octanol–water partition coefficient (Wildman–Crippen LogP) is 3.37. The number of tetrazole rings is 1. The van der Waals surface area contributed by atoms with E-state index in [-0.39, 0.29) is 17.8 Å². The van der Waals surface area contributed by atoms with E-state index in [9.17, 15) is 4.79 Å². The summed E-state index contributed by atoms with van der Waals surface area (Å²) < 4.78 is 19.4. The van der Waals surface area contributed by atoms with E-state index < -0.39 is 6.04 Å². The molecule has 10 nitrogen and oxygen atoms in total. The normalized spacial score (nSPS) is 20.8. The van der Waals surface area contributed by atoms with Crippen LogP contribution in [0.1, 0.15) is 54.4 Å². The van der Waals surface area contributed by atoms with Crippen LogP contribution in [0.5, 0.6) is 0 Å². The fourth-order valence-electron chi connectivity index (χ4n) is 5.53. The Hall–Kier alpha value is -3.34. The predicted molar refractivity (Wildman–Crippen MR) is 136 cm³/mol. The number of pyridine rings is 1. The molecule has 3 atom stereocenters. The van der Waals surface area contributed by atoms with Gasteiger partial charge in [-0.2, -0.15) is 0 Å². The number of benzene rings is 1. The molecule has 3 aromatic heterocycles. The lowest BCUT2D eigenvalue weighted by atomic mass is 10.0. The molecule has 4 aromatic rings. The second-order valence-electron chi connectivity index (χ2n) is 9.99. The van der Waals surface area contributed by atoms with Crippen molar-refractivity contribution < 1.29 is 13.9 Å². The first-order valence-corrected chi connectivity index (χ1v) is 13.0. The number of hydrogen-bond acceptors (Lipinski definition) is 8. The number of H-pyrrole nitrogens is 1. The number of rotatable bonds is 9. The van der Waals surface area contributed by atoms with Gasteiger partial charge in [-0.25, -0.2) is 4.68 Å². The van der Waals surface area contributed by atoms with Gasteiger partial charge in [0, 0.05) is 25.3 Å². The first-order chi connectivity index (χ1) is 18.2. The Morgan fingerprint density at radius 3 is 2.73 bits per heavy atom. The summed E-state index contributed by atoms with van der Waals surface area (Å²) in [5, 5.41) is 13.8. The van der Waals surface area contributed by atoms with Crippen molar-refractivity contribution in [2.75, 3.05) is 19.8 Å². The zero-order valence-corrected chi connectivity index (χ0v) is 21.0. The molecule has 37 heavy (non-hydrogen) atoms. The summed E-state index contributed by atoms with van der Waals surface area (Å²) in [7, 11) is 0. The lowest BCUT2D eigenvalue weighted by molar-refractivity contribution is 0.0528. The number of para-hydroxylation sites is 1. The van der Waals surface area contributed by atoms with Crippen molar-refractivity contribution in [3.8, 4) is 0 Å². The van der Waals surface area contributed by atoms with Crippen LogP contribution < -0.4 is 5.56 Å². The van der Waals surface area contributed by atoms with Crippen LogP contribution in [0.4, 0.5) is 0 Å². The molecular weight excluding hydrogens is 472 g/mol. The SMILES string of the molecule is Cc1cccc2cc([C@H](c3nnnn3C[C@@H]3CCCO3)N(Cc3ccco3)C[C@H]3CCCO3)c(=O)[nH]c12. The van der Waals surface area contributed by atoms with E-state index in [0.29, 0.717) is 31.0 Å². The highest BCUT2D eigenvalue weighted by Crippen LogP contribution is 2.31. The molecule has 0 saturated carbocycles. The third-order valence-corrected chi connectivity index (χ3v) is 7.38. The Morgan fingerprint density at radius 2 is 1.97 bits per heavy atom. The highest BCUT2D eigenvalue weighted by Gasteiger charge is 2.34. The Kier molecular flexibility index (Phi) is 6.86. The number of ether oxygens (including phenoxy) is 2. The summed E-state index contributed by atoms with van der Waals surface area (Å²) in [6, 6.07) is 11.3. The van der Waals surface area contributed by atoms with Crippen LogP contribution in [0.15, 0.2) is 51.9 Å². The maximum atomic E-state index is 13.7. The number of aryl methyl sites for hydroxylation is 1. The minimum absolute atomic E-state index is 0.0529. The second kappa shape index (κ2) is 10.6. The smallest absolute Gasteiger partial charge is 0.253 e. The molecular formula is C27H32N6O4. The zero-order valence-electron chi connectivity index (χ0n) is 21.0. The largest absolute Gasteiger partial charge is 0.468 e. The molecule has 5 heterocycles. The molecule has 194 valence electrons. The Balaban J connectivity index is 1.47. The minimum Gasteiger partial charge on any atom is -0.468 e. The molecule has 0 spiro atoms.